The molecule has 4 atom stereocenters. The first kappa shape index (κ1) is 15.3. The van der Waals surface area contributed by atoms with Crippen molar-refractivity contribution < 1.29 is 4.79 Å². The van der Waals surface area contributed by atoms with Gasteiger partial charge < -0.3 is 16.4 Å². The number of carbonyl (C=O) groups excluding carboxylic acids is 1. The molecule has 0 aromatic rings. The molecule has 2 saturated carbocycles. The molecule has 3 aliphatic rings. The van der Waals surface area contributed by atoms with Crippen LogP contribution in [0.4, 0.5) is 0 Å². The van der Waals surface area contributed by atoms with Gasteiger partial charge in [-0.1, -0.05) is 13.3 Å². The van der Waals surface area contributed by atoms with Crippen LogP contribution in [-0.2, 0) is 4.79 Å². The van der Waals surface area contributed by atoms with Crippen molar-refractivity contribution in [2.45, 2.75) is 64.0 Å². The van der Waals surface area contributed by atoms with E-state index in [9.17, 15) is 4.79 Å². The number of carbonyl (C=O) groups is 1. The van der Waals surface area contributed by atoms with Crippen molar-refractivity contribution >= 4 is 5.91 Å². The highest BCUT2D eigenvalue weighted by atomic mass is 16.2. The average molecular weight is 293 g/mol. The van der Waals surface area contributed by atoms with Gasteiger partial charge in [0.05, 0.1) is 0 Å². The first-order chi connectivity index (χ1) is 10.1. The second kappa shape index (κ2) is 6.25. The van der Waals surface area contributed by atoms with Gasteiger partial charge in [0, 0.05) is 31.1 Å². The summed E-state index contributed by atoms with van der Waals surface area (Å²) in [6.45, 7) is 3.78. The summed E-state index contributed by atoms with van der Waals surface area (Å²) >= 11 is 0. The van der Waals surface area contributed by atoms with Gasteiger partial charge >= 0.3 is 0 Å². The van der Waals surface area contributed by atoms with Gasteiger partial charge in [-0.05, 0) is 56.3 Å². The van der Waals surface area contributed by atoms with Crippen LogP contribution in [0.3, 0.4) is 0 Å². The Bertz CT molecular complexity index is 372. The summed E-state index contributed by atoms with van der Waals surface area (Å²) in [6, 6.07) is 0.603. The van der Waals surface area contributed by atoms with Crippen LogP contribution in [0.1, 0.15) is 51.9 Å². The molecule has 1 saturated heterocycles. The van der Waals surface area contributed by atoms with Gasteiger partial charge in [-0.15, -0.1) is 0 Å². The summed E-state index contributed by atoms with van der Waals surface area (Å²) in [5.74, 6) is 2.43. The Morgan fingerprint density at radius 3 is 2.43 bits per heavy atom. The molecule has 21 heavy (non-hydrogen) atoms. The molecule has 0 aromatic carbocycles. The van der Waals surface area contributed by atoms with Crippen LogP contribution in [0.5, 0.6) is 0 Å². The first-order valence-electron chi connectivity index (χ1n) is 8.86. The molecule has 1 heterocycles. The summed E-state index contributed by atoms with van der Waals surface area (Å²) in [4.78, 5) is 15.1. The standard InChI is InChI=1S/C17H31N3O/c1-11-5-6-20(15(7-11)10-18)17(21)14-8-12-3-2-4-13(9-14)16(12)19/h11-16H,2-10,18-19H2,1H3. The predicted octanol–water partition coefficient (Wildman–Crippen LogP) is 1.73. The molecule has 120 valence electrons. The highest BCUT2D eigenvalue weighted by molar-refractivity contribution is 5.79. The number of nitrogens with two attached hydrogens (primary N) is 2. The number of likely N-dealkylation sites (tertiary alicyclic amines) is 1. The van der Waals surface area contributed by atoms with Crippen LogP contribution in [0, 0.1) is 23.7 Å². The summed E-state index contributed by atoms with van der Waals surface area (Å²) in [6.07, 6.45) is 7.97. The SMILES string of the molecule is CC1CCN(C(=O)C2CC3CCCC(C2)C3N)C(CN)C1. The van der Waals surface area contributed by atoms with Crippen molar-refractivity contribution in [3.8, 4) is 0 Å². The van der Waals surface area contributed by atoms with Gasteiger partial charge in [-0.25, -0.2) is 0 Å². The van der Waals surface area contributed by atoms with Crippen molar-refractivity contribution in [2.75, 3.05) is 13.1 Å². The van der Waals surface area contributed by atoms with E-state index in [0.717, 1.165) is 32.2 Å². The van der Waals surface area contributed by atoms with Gasteiger partial charge in [0.2, 0.25) is 5.91 Å². The summed E-state index contributed by atoms with van der Waals surface area (Å²) in [7, 11) is 0. The molecule has 4 nitrogen and oxygen atoms in total. The predicted molar refractivity (Wildman–Crippen MR) is 84.5 cm³/mol. The highest BCUT2D eigenvalue weighted by Gasteiger charge is 2.42. The molecule has 4 unspecified atom stereocenters. The van der Waals surface area contributed by atoms with E-state index in [1.165, 1.54) is 19.3 Å². The van der Waals surface area contributed by atoms with E-state index in [-0.39, 0.29) is 12.0 Å². The fourth-order valence-electron chi connectivity index (χ4n) is 4.99. The minimum absolute atomic E-state index is 0.211. The Hall–Kier alpha value is -0.610. The Morgan fingerprint density at radius 2 is 1.81 bits per heavy atom. The van der Waals surface area contributed by atoms with Crippen molar-refractivity contribution in [1.82, 2.24) is 4.90 Å². The number of amides is 1. The van der Waals surface area contributed by atoms with E-state index in [2.05, 4.69) is 11.8 Å². The zero-order valence-corrected chi connectivity index (χ0v) is 13.3. The van der Waals surface area contributed by atoms with Gasteiger partial charge in [0.1, 0.15) is 0 Å². The minimum Gasteiger partial charge on any atom is -0.338 e. The van der Waals surface area contributed by atoms with Gasteiger partial charge in [0.25, 0.3) is 0 Å². The molecule has 4 N–H and O–H groups in total. The van der Waals surface area contributed by atoms with E-state index >= 15 is 0 Å². The molecule has 0 spiro atoms. The number of hydrogen-bond donors (Lipinski definition) is 2. The fourth-order valence-corrected chi connectivity index (χ4v) is 4.99. The number of hydrogen-bond acceptors (Lipinski definition) is 3. The molecule has 4 heteroatoms. The third-order valence-corrected chi connectivity index (χ3v) is 6.30. The van der Waals surface area contributed by atoms with E-state index in [0.29, 0.717) is 36.2 Å². The Labute approximate surface area is 128 Å². The van der Waals surface area contributed by atoms with Crippen molar-refractivity contribution in [1.29, 1.82) is 0 Å². The molecule has 3 fully saturated rings. The molecule has 1 aliphatic heterocycles. The quantitative estimate of drug-likeness (QED) is 0.814. The van der Waals surface area contributed by atoms with Crippen molar-refractivity contribution in [3.05, 3.63) is 0 Å². The highest BCUT2D eigenvalue weighted by Crippen LogP contribution is 2.42. The smallest absolute Gasteiger partial charge is 0.225 e. The second-order valence-electron chi connectivity index (χ2n) is 7.75. The zero-order valence-electron chi connectivity index (χ0n) is 13.3. The maximum atomic E-state index is 13.0. The summed E-state index contributed by atoms with van der Waals surface area (Å²) in [5.41, 5.74) is 12.3. The monoisotopic (exact) mass is 293 g/mol. The third-order valence-electron chi connectivity index (χ3n) is 6.30. The van der Waals surface area contributed by atoms with Crippen molar-refractivity contribution in [3.63, 3.8) is 0 Å². The lowest BCUT2D eigenvalue weighted by Crippen LogP contribution is -2.54. The van der Waals surface area contributed by atoms with Gasteiger partial charge in [0.15, 0.2) is 0 Å². The first-order valence-corrected chi connectivity index (χ1v) is 8.86. The second-order valence-corrected chi connectivity index (χ2v) is 7.75. The molecular weight excluding hydrogens is 262 g/mol. The Kier molecular flexibility index (Phi) is 4.55. The Morgan fingerprint density at radius 1 is 1.14 bits per heavy atom. The average Bonchev–Trinajstić information content (AvgIpc) is 2.46. The number of piperidine rings is 1. The number of fused-ring (bicyclic) bond motifs is 2. The van der Waals surface area contributed by atoms with Crippen LogP contribution in [0.15, 0.2) is 0 Å². The van der Waals surface area contributed by atoms with Crippen LogP contribution >= 0.6 is 0 Å². The van der Waals surface area contributed by atoms with E-state index in [4.69, 9.17) is 11.5 Å². The minimum atomic E-state index is 0.211. The summed E-state index contributed by atoms with van der Waals surface area (Å²) in [5, 5.41) is 0. The normalized spacial score (nSPS) is 43.7. The maximum Gasteiger partial charge on any atom is 0.225 e. The lowest BCUT2D eigenvalue weighted by atomic mass is 9.64. The van der Waals surface area contributed by atoms with E-state index < -0.39 is 0 Å². The molecule has 0 aromatic heterocycles. The van der Waals surface area contributed by atoms with Gasteiger partial charge in [-0.3, -0.25) is 4.79 Å². The van der Waals surface area contributed by atoms with Crippen LogP contribution < -0.4 is 11.5 Å². The lowest BCUT2D eigenvalue weighted by Gasteiger charge is -2.46. The molecular formula is C17H31N3O. The van der Waals surface area contributed by atoms with Crippen molar-refractivity contribution in [2.24, 2.45) is 35.1 Å². The molecule has 1 amide bonds. The van der Waals surface area contributed by atoms with E-state index in [1.54, 1.807) is 0 Å². The fraction of sp³-hybridized carbons (Fsp3) is 0.941. The largest absolute Gasteiger partial charge is 0.338 e. The topological polar surface area (TPSA) is 72.3 Å². The summed E-state index contributed by atoms with van der Waals surface area (Å²) < 4.78 is 0. The zero-order chi connectivity index (χ0) is 15.0. The van der Waals surface area contributed by atoms with Gasteiger partial charge in [-0.2, -0.15) is 0 Å². The number of nitrogens with zero attached hydrogens (tertiary/aromatic N) is 1. The lowest BCUT2D eigenvalue weighted by molar-refractivity contribution is -0.142. The van der Waals surface area contributed by atoms with Crippen LogP contribution in [0.25, 0.3) is 0 Å². The molecule has 2 bridgehead atoms. The Balaban J connectivity index is 1.67. The van der Waals surface area contributed by atoms with Crippen LogP contribution in [-0.4, -0.2) is 36.0 Å². The number of rotatable bonds is 2. The van der Waals surface area contributed by atoms with E-state index in [1.807, 2.05) is 0 Å². The molecule has 0 radical (unpaired) electrons. The molecule has 2 aliphatic carbocycles. The van der Waals surface area contributed by atoms with Crippen LogP contribution in [0.2, 0.25) is 0 Å². The maximum absolute atomic E-state index is 13.0. The molecule has 3 rings (SSSR count). The third kappa shape index (κ3) is 2.98.